The highest BCUT2D eigenvalue weighted by atomic mass is 16.4. The molecule has 1 aromatic heterocycles. The van der Waals surface area contributed by atoms with Gasteiger partial charge in [0, 0.05) is 6.92 Å². The molecule has 0 aromatic carbocycles. The van der Waals surface area contributed by atoms with Gasteiger partial charge < -0.3 is 5.11 Å². The van der Waals surface area contributed by atoms with E-state index < -0.39 is 5.97 Å². The molecule has 0 aliphatic rings. The van der Waals surface area contributed by atoms with Crippen molar-refractivity contribution in [2.24, 2.45) is 0 Å². The Morgan fingerprint density at radius 3 is 2.67 bits per heavy atom. The maximum atomic E-state index is 11.0. The third kappa shape index (κ3) is 2.88. The Morgan fingerprint density at radius 2 is 2.20 bits per heavy atom. The number of pyridine rings is 1. The quantitative estimate of drug-likeness (QED) is 0.734. The molecule has 15 heavy (non-hydrogen) atoms. The summed E-state index contributed by atoms with van der Waals surface area (Å²) >= 11 is 0. The zero-order valence-electron chi connectivity index (χ0n) is 8.02. The van der Waals surface area contributed by atoms with Crippen LogP contribution in [0.5, 0.6) is 0 Å². The lowest BCUT2D eigenvalue weighted by atomic mass is 10.1. The minimum absolute atomic E-state index is 0.116. The van der Waals surface area contributed by atoms with E-state index in [0.717, 1.165) is 0 Å². The summed E-state index contributed by atoms with van der Waals surface area (Å²) < 4.78 is 0. The van der Waals surface area contributed by atoms with E-state index in [4.69, 9.17) is 10.4 Å². The molecule has 0 aliphatic heterocycles. The van der Waals surface area contributed by atoms with Crippen molar-refractivity contribution >= 4 is 11.8 Å². The van der Waals surface area contributed by atoms with Crippen molar-refractivity contribution in [3.8, 4) is 6.07 Å². The topological polar surface area (TPSA) is 91.0 Å². The van der Waals surface area contributed by atoms with Crippen LogP contribution in [0, 0.1) is 11.3 Å². The molecule has 0 amide bonds. The van der Waals surface area contributed by atoms with Crippen LogP contribution in [0.4, 0.5) is 0 Å². The fourth-order valence-corrected chi connectivity index (χ4v) is 1.08. The fraction of sp³-hybridized carbons (Fsp3) is 0.200. The SMILES string of the molecule is CC(=O)c1cc(C#N)cc(CC(=O)O)n1. The van der Waals surface area contributed by atoms with E-state index in [1.165, 1.54) is 19.1 Å². The summed E-state index contributed by atoms with van der Waals surface area (Å²) in [6.45, 7) is 1.31. The molecular weight excluding hydrogens is 196 g/mol. The summed E-state index contributed by atoms with van der Waals surface area (Å²) in [6, 6.07) is 4.55. The van der Waals surface area contributed by atoms with Crippen LogP contribution in [0.1, 0.15) is 28.7 Å². The number of nitriles is 1. The van der Waals surface area contributed by atoms with E-state index in [1.807, 2.05) is 6.07 Å². The van der Waals surface area contributed by atoms with Crippen molar-refractivity contribution in [3.05, 3.63) is 29.1 Å². The van der Waals surface area contributed by atoms with E-state index in [0.29, 0.717) is 0 Å². The van der Waals surface area contributed by atoms with Gasteiger partial charge in [-0.25, -0.2) is 4.98 Å². The molecule has 1 aromatic rings. The average molecular weight is 204 g/mol. The summed E-state index contributed by atoms with van der Waals surface area (Å²) in [5.74, 6) is -1.34. The van der Waals surface area contributed by atoms with Crippen LogP contribution in [0.2, 0.25) is 0 Å². The second-order valence-electron chi connectivity index (χ2n) is 2.97. The van der Waals surface area contributed by atoms with E-state index in [9.17, 15) is 9.59 Å². The number of Topliss-reactive ketones (excluding diaryl/α,β-unsaturated/α-hetero) is 1. The number of carboxylic acid groups (broad SMARTS) is 1. The van der Waals surface area contributed by atoms with Gasteiger partial charge in [-0.15, -0.1) is 0 Å². The highest BCUT2D eigenvalue weighted by Gasteiger charge is 2.08. The Hall–Kier alpha value is -2.22. The van der Waals surface area contributed by atoms with Crippen molar-refractivity contribution in [3.63, 3.8) is 0 Å². The third-order valence-electron chi connectivity index (χ3n) is 1.70. The number of carbonyl (C=O) groups is 2. The van der Waals surface area contributed by atoms with Gasteiger partial charge in [-0.05, 0) is 12.1 Å². The minimum atomic E-state index is -1.05. The van der Waals surface area contributed by atoms with Gasteiger partial charge in [-0.3, -0.25) is 9.59 Å². The zero-order valence-corrected chi connectivity index (χ0v) is 8.02. The van der Waals surface area contributed by atoms with Crippen molar-refractivity contribution in [1.29, 1.82) is 5.26 Å². The fourth-order valence-electron chi connectivity index (χ4n) is 1.08. The largest absolute Gasteiger partial charge is 0.481 e. The first-order valence-electron chi connectivity index (χ1n) is 4.16. The monoisotopic (exact) mass is 204 g/mol. The van der Waals surface area contributed by atoms with Gasteiger partial charge in [-0.2, -0.15) is 5.26 Å². The molecule has 1 heterocycles. The number of rotatable bonds is 3. The standard InChI is InChI=1S/C10H8N2O3/c1-6(13)9-3-7(5-11)2-8(12-9)4-10(14)15/h2-3H,4H2,1H3,(H,14,15). The highest BCUT2D eigenvalue weighted by Crippen LogP contribution is 2.06. The smallest absolute Gasteiger partial charge is 0.309 e. The molecule has 5 heteroatoms. The van der Waals surface area contributed by atoms with E-state index in [-0.39, 0.29) is 29.2 Å². The van der Waals surface area contributed by atoms with E-state index in [2.05, 4.69) is 4.98 Å². The summed E-state index contributed by atoms with van der Waals surface area (Å²) in [5, 5.41) is 17.2. The Kier molecular flexibility index (Phi) is 3.13. The number of carboxylic acids is 1. The minimum Gasteiger partial charge on any atom is -0.481 e. The van der Waals surface area contributed by atoms with E-state index >= 15 is 0 Å². The molecule has 0 aliphatic carbocycles. The van der Waals surface area contributed by atoms with Gasteiger partial charge in [0.2, 0.25) is 0 Å². The molecule has 0 atom stereocenters. The van der Waals surface area contributed by atoms with Crippen LogP contribution in [0.15, 0.2) is 12.1 Å². The Balaban J connectivity index is 3.18. The van der Waals surface area contributed by atoms with Crippen LogP contribution in [-0.2, 0) is 11.2 Å². The lowest BCUT2D eigenvalue weighted by molar-refractivity contribution is -0.136. The van der Waals surface area contributed by atoms with Crippen molar-refractivity contribution in [2.45, 2.75) is 13.3 Å². The molecule has 1 N–H and O–H groups in total. The zero-order chi connectivity index (χ0) is 11.4. The number of carbonyl (C=O) groups excluding carboxylic acids is 1. The van der Waals surface area contributed by atoms with Crippen LogP contribution in [0.25, 0.3) is 0 Å². The molecule has 76 valence electrons. The summed E-state index contributed by atoms with van der Waals surface area (Å²) in [5.41, 5.74) is 0.573. The molecule has 0 fully saturated rings. The second-order valence-corrected chi connectivity index (χ2v) is 2.97. The molecule has 0 spiro atoms. The first kappa shape index (κ1) is 10.9. The second kappa shape index (κ2) is 4.33. The van der Waals surface area contributed by atoms with Gasteiger partial charge in [0.25, 0.3) is 0 Å². The summed E-state index contributed by atoms with van der Waals surface area (Å²) in [7, 11) is 0. The number of hydrogen-bond donors (Lipinski definition) is 1. The van der Waals surface area contributed by atoms with Gasteiger partial charge in [0.1, 0.15) is 5.69 Å². The molecule has 0 bridgehead atoms. The van der Waals surface area contributed by atoms with Crippen LogP contribution < -0.4 is 0 Å². The van der Waals surface area contributed by atoms with Gasteiger partial charge in [0.15, 0.2) is 5.78 Å². The van der Waals surface area contributed by atoms with Gasteiger partial charge >= 0.3 is 5.97 Å². The molecule has 1 rings (SSSR count). The van der Waals surface area contributed by atoms with E-state index in [1.54, 1.807) is 0 Å². The lowest BCUT2D eigenvalue weighted by Gasteiger charge is -2.00. The maximum Gasteiger partial charge on any atom is 0.309 e. The Morgan fingerprint density at radius 1 is 1.53 bits per heavy atom. The predicted octanol–water partition coefficient (Wildman–Crippen LogP) is 0.783. The third-order valence-corrected chi connectivity index (χ3v) is 1.70. The maximum absolute atomic E-state index is 11.0. The molecule has 0 saturated heterocycles. The van der Waals surface area contributed by atoms with Crippen molar-refractivity contribution < 1.29 is 14.7 Å². The number of hydrogen-bond acceptors (Lipinski definition) is 4. The molecule has 0 unspecified atom stereocenters. The Bertz CT molecular complexity index is 460. The molecule has 5 nitrogen and oxygen atoms in total. The number of ketones is 1. The number of aromatic nitrogens is 1. The molecule has 0 saturated carbocycles. The van der Waals surface area contributed by atoms with Crippen LogP contribution in [0.3, 0.4) is 0 Å². The number of aliphatic carboxylic acids is 1. The Labute approximate surface area is 86.0 Å². The normalized spacial score (nSPS) is 9.33. The van der Waals surface area contributed by atoms with Gasteiger partial charge in [0.05, 0.1) is 23.7 Å². The summed E-state index contributed by atoms with van der Waals surface area (Å²) in [4.78, 5) is 25.3. The lowest BCUT2D eigenvalue weighted by Crippen LogP contribution is -2.06. The summed E-state index contributed by atoms with van der Waals surface area (Å²) in [6.07, 6.45) is -0.296. The van der Waals surface area contributed by atoms with Crippen molar-refractivity contribution in [1.82, 2.24) is 4.98 Å². The number of nitrogens with zero attached hydrogens (tertiary/aromatic N) is 2. The van der Waals surface area contributed by atoms with Crippen LogP contribution >= 0.6 is 0 Å². The molecule has 0 radical (unpaired) electrons. The highest BCUT2D eigenvalue weighted by molar-refractivity contribution is 5.92. The molecular formula is C10H8N2O3. The first-order chi connectivity index (χ1) is 7.02. The average Bonchev–Trinajstić information content (AvgIpc) is 2.16. The van der Waals surface area contributed by atoms with Gasteiger partial charge in [-0.1, -0.05) is 0 Å². The predicted molar refractivity (Wildman–Crippen MR) is 50.3 cm³/mol. The first-order valence-corrected chi connectivity index (χ1v) is 4.16. The van der Waals surface area contributed by atoms with Crippen LogP contribution in [-0.4, -0.2) is 21.8 Å². The van der Waals surface area contributed by atoms with Crippen molar-refractivity contribution in [2.75, 3.05) is 0 Å².